The Labute approximate surface area is 161 Å². The molecule has 1 saturated heterocycles. The van der Waals surface area contributed by atoms with Gasteiger partial charge in [-0.1, -0.05) is 0 Å². The molecular weight excluding hydrogens is 338 g/mol. The predicted octanol–water partition coefficient (Wildman–Crippen LogP) is 4.51. The quantitative estimate of drug-likeness (QED) is 0.756. The van der Waals surface area contributed by atoms with Crippen molar-refractivity contribution in [2.75, 3.05) is 35.2 Å². The summed E-state index contributed by atoms with van der Waals surface area (Å²) in [4.78, 5) is 14.9. The maximum Gasteiger partial charge on any atom is 0.246 e. The van der Waals surface area contributed by atoms with Gasteiger partial charge in [-0.2, -0.15) is 0 Å². The maximum absolute atomic E-state index is 12.4. The summed E-state index contributed by atoms with van der Waals surface area (Å²) in [5, 5.41) is 6.20. The van der Waals surface area contributed by atoms with E-state index in [-0.39, 0.29) is 11.9 Å². The SMILES string of the molecule is CCOc1ccc(NC(=O)[C@H](C)Nc2ccc(N3CCCCC3)cc2)cc1. The van der Waals surface area contributed by atoms with E-state index in [0.29, 0.717) is 6.61 Å². The minimum Gasteiger partial charge on any atom is -0.494 e. The van der Waals surface area contributed by atoms with Crippen LogP contribution < -0.4 is 20.3 Å². The molecule has 5 nitrogen and oxygen atoms in total. The van der Waals surface area contributed by atoms with Crippen LogP contribution in [-0.2, 0) is 4.79 Å². The second-order valence-electron chi connectivity index (χ2n) is 6.91. The molecule has 2 aromatic carbocycles. The van der Waals surface area contributed by atoms with Gasteiger partial charge in [-0.05, 0) is 81.6 Å². The molecule has 1 aliphatic rings. The number of ether oxygens (including phenoxy) is 1. The number of rotatable bonds is 7. The second-order valence-corrected chi connectivity index (χ2v) is 6.91. The van der Waals surface area contributed by atoms with E-state index in [1.54, 1.807) is 0 Å². The van der Waals surface area contributed by atoms with Crippen molar-refractivity contribution in [3.63, 3.8) is 0 Å². The first-order chi connectivity index (χ1) is 13.2. The number of benzene rings is 2. The number of nitrogens with one attached hydrogen (secondary N) is 2. The van der Waals surface area contributed by atoms with E-state index in [4.69, 9.17) is 4.74 Å². The van der Waals surface area contributed by atoms with Crippen molar-refractivity contribution in [1.82, 2.24) is 0 Å². The van der Waals surface area contributed by atoms with Crippen LogP contribution in [0, 0.1) is 0 Å². The molecule has 0 aliphatic carbocycles. The average molecular weight is 367 g/mol. The first-order valence-electron chi connectivity index (χ1n) is 9.81. The molecule has 144 valence electrons. The van der Waals surface area contributed by atoms with Crippen molar-refractivity contribution in [2.24, 2.45) is 0 Å². The highest BCUT2D eigenvalue weighted by Gasteiger charge is 2.14. The van der Waals surface area contributed by atoms with Gasteiger partial charge in [0.05, 0.1) is 6.61 Å². The first kappa shape index (κ1) is 19.1. The zero-order valence-electron chi connectivity index (χ0n) is 16.2. The van der Waals surface area contributed by atoms with Crippen LogP contribution >= 0.6 is 0 Å². The normalized spacial score (nSPS) is 15.1. The van der Waals surface area contributed by atoms with Crippen LogP contribution in [0.15, 0.2) is 48.5 Å². The lowest BCUT2D eigenvalue weighted by Gasteiger charge is -2.29. The smallest absolute Gasteiger partial charge is 0.246 e. The molecule has 0 spiro atoms. The van der Waals surface area contributed by atoms with E-state index in [1.807, 2.05) is 50.2 Å². The average Bonchev–Trinajstić information content (AvgIpc) is 2.71. The van der Waals surface area contributed by atoms with Gasteiger partial charge in [-0.15, -0.1) is 0 Å². The van der Waals surface area contributed by atoms with E-state index in [2.05, 4.69) is 27.7 Å². The molecule has 2 aromatic rings. The molecule has 2 N–H and O–H groups in total. The van der Waals surface area contributed by atoms with Gasteiger partial charge in [-0.25, -0.2) is 0 Å². The van der Waals surface area contributed by atoms with Crippen LogP contribution in [-0.4, -0.2) is 31.6 Å². The minimum absolute atomic E-state index is 0.0701. The minimum atomic E-state index is -0.336. The molecule has 1 heterocycles. The fourth-order valence-corrected chi connectivity index (χ4v) is 3.29. The van der Waals surface area contributed by atoms with Gasteiger partial charge in [0, 0.05) is 30.2 Å². The Morgan fingerprint density at radius 1 is 1.00 bits per heavy atom. The van der Waals surface area contributed by atoms with Crippen LogP contribution in [0.1, 0.15) is 33.1 Å². The van der Waals surface area contributed by atoms with E-state index in [0.717, 1.165) is 30.2 Å². The molecule has 0 bridgehead atoms. The number of hydrogen-bond donors (Lipinski definition) is 2. The molecule has 27 heavy (non-hydrogen) atoms. The highest BCUT2D eigenvalue weighted by molar-refractivity contribution is 5.96. The summed E-state index contributed by atoms with van der Waals surface area (Å²) < 4.78 is 5.42. The molecule has 1 aliphatic heterocycles. The third-order valence-corrected chi connectivity index (χ3v) is 4.80. The zero-order chi connectivity index (χ0) is 19.1. The monoisotopic (exact) mass is 367 g/mol. The van der Waals surface area contributed by atoms with Gasteiger partial charge in [0.1, 0.15) is 11.8 Å². The Balaban J connectivity index is 1.52. The van der Waals surface area contributed by atoms with E-state index >= 15 is 0 Å². The Kier molecular flexibility index (Phi) is 6.58. The molecular formula is C22H29N3O2. The fraction of sp³-hybridized carbons (Fsp3) is 0.409. The second kappa shape index (κ2) is 9.31. The highest BCUT2D eigenvalue weighted by atomic mass is 16.5. The van der Waals surface area contributed by atoms with Gasteiger partial charge >= 0.3 is 0 Å². The summed E-state index contributed by atoms with van der Waals surface area (Å²) in [5.74, 6) is 0.731. The number of amides is 1. The van der Waals surface area contributed by atoms with Crippen molar-refractivity contribution in [1.29, 1.82) is 0 Å². The molecule has 1 amide bonds. The van der Waals surface area contributed by atoms with Crippen molar-refractivity contribution < 1.29 is 9.53 Å². The van der Waals surface area contributed by atoms with E-state index < -0.39 is 0 Å². The summed E-state index contributed by atoms with van der Waals surface area (Å²) in [6.45, 7) is 6.70. The van der Waals surface area contributed by atoms with Crippen LogP contribution in [0.4, 0.5) is 17.1 Å². The lowest BCUT2D eigenvalue weighted by molar-refractivity contribution is -0.116. The van der Waals surface area contributed by atoms with Gasteiger partial charge < -0.3 is 20.3 Å². The number of anilines is 3. The molecule has 5 heteroatoms. The molecule has 3 rings (SSSR count). The Morgan fingerprint density at radius 3 is 2.26 bits per heavy atom. The third-order valence-electron chi connectivity index (χ3n) is 4.80. The Bertz CT molecular complexity index is 722. The fourth-order valence-electron chi connectivity index (χ4n) is 3.29. The molecule has 1 fully saturated rings. The first-order valence-corrected chi connectivity index (χ1v) is 9.81. The number of nitrogens with zero attached hydrogens (tertiary/aromatic N) is 1. The lowest BCUT2D eigenvalue weighted by Crippen LogP contribution is -2.32. The molecule has 0 unspecified atom stereocenters. The van der Waals surface area contributed by atoms with Crippen molar-refractivity contribution in [2.45, 2.75) is 39.2 Å². The van der Waals surface area contributed by atoms with Crippen molar-refractivity contribution in [3.8, 4) is 5.75 Å². The molecule has 0 radical (unpaired) electrons. The topological polar surface area (TPSA) is 53.6 Å². The summed E-state index contributed by atoms with van der Waals surface area (Å²) in [5.41, 5.74) is 2.97. The number of carbonyl (C=O) groups is 1. The Hall–Kier alpha value is -2.69. The predicted molar refractivity (Wildman–Crippen MR) is 112 cm³/mol. The molecule has 0 aromatic heterocycles. The standard InChI is InChI=1S/C22H29N3O2/c1-3-27-21-13-9-19(10-14-21)24-22(26)17(2)23-18-7-11-20(12-8-18)25-15-5-4-6-16-25/h7-14,17,23H,3-6,15-16H2,1-2H3,(H,24,26)/t17-/m0/s1. The molecule has 0 saturated carbocycles. The summed E-state index contributed by atoms with van der Waals surface area (Å²) in [7, 11) is 0. The summed E-state index contributed by atoms with van der Waals surface area (Å²) in [6, 6.07) is 15.4. The van der Waals surface area contributed by atoms with Crippen molar-refractivity contribution >= 4 is 23.0 Å². The van der Waals surface area contributed by atoms with Gasteiger partial charge in [0.2, 0.25) is 5.91 Å². The van der Waals surface area contributed by atoms with Crippen LogP contribution in [0.5, 0.6) is 5.75 Å². The van der Waals surface area contributed by atoms with Crippen molar-refractivity contribution in [3.05, 3.63) is 48.5 Å². The number of carbonyl (C=O) groups excluding carboxylic acids is 1. The zero-order valence-corrected chi connectivity index (χ0v) is 16.2. The lowest BCUT2D eigenvalue weighted by atomic mass is 10.1. The summed E-state index contributed by atoms with van der Waals surface area (Å²) >= 11 is 0. The van der Waals surface area contributed by atoms with Crippen LogP contribution in [0.3, 0.4) is 0 Å². The molecule has 1 atom stereocenters. The highest BCUT2D eigenvalue weighted by Crippen LogP contribution is 2.22. The maximum atomic E-state index is 12.4. The van der Waals surface area contributed by atoms with Crippen LogP contribution in [0.2, 0.25) is 0 Å². The van der Waals surface area contributed by atoms with Crippen LogP contribution in [0.25, 0.3) is 0 Å². The van der Waals surface area contributed by atoms with Gasteiger partial charge in [0.15, 0.2) is 0 Å². The largest absolute Gasteiger partial charge is 0.494 e. The van der Waals surface area contributed by atoms with E-state index in [9.17, 15) is 4.79 Å². The Morgan fingerprint density at radius 2 is 1.63 bits per heavy atom. The summed E-state index contributed by atoms with van der Waals surface area (Å²) in [6.07, 6.45) is 3.86. The van der Waals surface area contributed by atoms with Gasteiger partial charge in [-0.3, -0.25) is 4.79 Å². The third kappa shape index (κ3) is 5.39. The van der Waals surface area contributed by atoms with E-state index in [1.165, 1.54) is 24.9 Å². The number of piperidine rings is 1. The number of hydrogen-bond acceptors (Lipinski definition) is 4. The van der Waals surface area contributed by atoms with Gasteiger partial charge in [0.25, 0.3) is 0 Å².